The van der Waals surface area contributed by atoms with Gasteiger partial charge in [-0.25, -0.2) is 4.79 Å². The fourth-order valence-corrected chi connectivity index (χ4v) is 1.84. The minimum absolute atomic E-state index is 0.0144. The summed E-state index contributed by atoms with van der Waals surface area (Å²) in [5.41, 5.74) is 7.66. The second-order valence-electron chi connectivity index (χ2n) is 3.55. The van der Waals surface area contributed by atoms with Crippen LogP contribution in [0.5, 0.6) is 0 Å². The van der Waals surface area contributed by atoms with Crippen molar-refractivity contribution in [3.63, 3.8) is 0 Å². The maximum Gasteiger partial charge on any atom is 0.322 e. The van der Waals surface area contributed by atoms with Gasteiger partial charge in [0.25, 0.3) is 0 Å². The van der Waals surface area contributed by atoms with Gasteiger partial charge in [0.2, 0.25) is 0 Å². The summed E-state index contributed by atoms with van der Waals surface area (Å²) in [5.74, 6) is 0. The van der Waals surface area contributed by atoms with Gasteiger partial charge in [-0.15, -0.1) is 0 Å². The van der Waals surface area contributed by atoms with E-state index in [1.54, 1.807) is 4.90 Å². The summed E-state index contributed by atoms with van der Waals surface area (Å²) in [5, 5.41) is 2.79. The molecule has 4 heteroatoms. The van der Waals surface area contributed by atoms with E-state index in [1.807, 2.05) is 24.3 Å². The molecule has 3 N–H and O–H groups in total. The molecule has 0 aromatic heterocycles. The number of carbonyl (C=O) groups excluding carboxylic acids is 1. The molecule has 0 unspecified atom stereocenters. The molecule has 1 aromatic carbocycles. The zero-order chi connectivity index (χ0) is 10.7. The highest BCUT2D eigenvalue weighted by Gasteiger charge is 2.22. The molecule has 0 radical (unpaired) electrons. The zero-order valence-corrected chi connectivity index (χ0v) is 8.57. The van der Waals surface area contributed by atoms with Crippen LogP contribution in [0.3, 0.4) is 0 Å². The molecule has 0 atom stereocenters. The molecule has 0 bridgehead atoms. The Balaban J connectivity index is 2.29. The van der Waals surface area contributed by atoms with E-state index in [2.05, 4.69) is 5.32 Å². The van der Waals surface area contributed by atoms with Crippen LogP contribution in [0.2, 0.25) is 0 Å². The van der Waals surface area contributed by atoms with Gasteiger partial charge in [0.1, 0.15) is 0 Å². The topological polar surface area (TPSA) is 58.4 Å². The number of para-hydroxylation sites is 1. The van der Waals surface area contributed by atoms with Crippen LogP contribution < -0.4 is 16.0 Å². The number of nitrogens with zero attached hydrogens (tertiary/aromatic N) is 1. The van der Waals surface area contributed by atoms with Crippen LogP contribution >= 0.6 is 0 Å². The maximum absolute atomic E-state index is 11.5. The molecule has 1 aromatic rings. The smallest absolute Gasteiger partial charge is 0.322 e. The number of nitrogens with two attached hydrogens (primary N) is 1. The predicted molar refractivity (Wildman–Crippen MR) is 59.9 cm³/mol. The fraction of sp³-hybridized carbons (Fsp3) is 0.364. The Morgan fingerprint density at radius 1 is 1.40 bits per heavy atom. The van der Waals surface area contributed by atoms with Crippen molar-refractivity contribution in [1.29, 1.82) is 0 Å². The monoisotopic (exact) mass is 205 g/mol. The minimum atomic E-state index is -0.0144. The van der Waals surface area contributed by atoms with Crippen molar-refractivity contribution < 1.29 is 4.79 Å². The lowest BCUT2D eigenvalue weighted by molar-refractivity contribution is 0.252. The van der Waals surface area contributed by atoms with Gasteiger partial charge < -0.3 is 11.1 Å². The Hall–Kier alpha value is -1.55. The summed E-state index contributed by atoms with van der Waals surface area (Å²) in [6.07, 6.45) is 0.806. The number of urea groups is 1. The average Bonchev–Trinajstić information content (AvgIpc) is 2.66. The SMILES string of the molecule is NCCc1ccccc1N1CCNC1=O. The van der Waals surface area contributed by atoms with E-state index < -0.39 is 0 Å². The van der Waals surface area contributed by atoms with Gasteiger partial charge in [-0.1, -0.05) is 18.2 Å². The first-order valence-electron chi connectivity index (χ1n) is 5.16. The van der Waals surface area contributed by atoms with Gasteiger partial charge in [-0.2, -0.15) is 0 Å². The fourth-order valence-electron chi connectivity index (χ4n) is 1.84. The Morgan fingerprint density at radius 2 is 2.20 bits per heavy atom. The molecule has 2 rings (SSSR count). The first-order chi connectivity index (χ1) is 7.33. The molecule has 1 fully saturated rings. The van der Waals surface area contributed by atoms with Crippen LogP contribution in [0.4, 0.5) is 10.5 Å². The van der Waals surface area contributed by atoms with Crippen molar-refractivity contribution in [1.82, 2.24) is 5.32 Å². The van der Waals surface area contributed by atoms with Crippen molar-refractivity contribution in [3.8, 4) is 0 Å². The normalized spacial score (nSPS) is 15.5. The molecular formula is C11H15N3O. The van der Waals surface area contributed by atoms with E-state index >= 15 is 0 Å². The number of rotatable bonds is 3. The van der Waals surface area contributed by atoms with Crippen molar-refractivity contribution in [2.45, 2.75) is 6.42 Å². The van der Waals surface area contributed by atoms with Gasteiger partial charge in [-0.3, -0.25) is 4.90 Å². The van der Waals surface area contributed by atoms with E-state index in [1.165, 1.54) is 0 Å². The van der Waals surface area contributed by atoms with Crippen molar-refractivity contribution in [2.24, 2.45) is 5.73 Å². The molecule has 0 aliphatic carbocycles. The Bertz CT molecular complexity index is 365. The Morgan fingerprint density at radius 3 is 2.87 bits per heavy atom. The van der Waals surface area contributed by atoms with Crippen LogP contribution in [-0.2, 0) is 6.42 Å². The molecular weight excluding hydrogens is 190 g/mol. The number of carbonyl (C=O) groups is 1. The number of amides is 2. The highest BCUT2D eigenvalue weighted by atomic mass is 16.2. The second-order valence-corrected chi connectivity index (χ2v) is 3.55. The first-order valence-corrected chi connectivity index (χ1v) is 5.16. The molecule has 1 saturated heterocycles. The van der Waals surface area contributed by atoms with Crippen LogP contribution in [0.1, 0.15) is 5.56 Å². The van der Waals surface area contributed by atoms with E-state index in [0.717, 1.165) is 30.8 Å². The third kappa shape index (κ3) is 1.94. The molecule has 2 amide bonds. The zero-order valence-electron chi connectivity index (χ0n) is 8.57. The molecule has 4 nitrogen and oxygen atoms in total. The van der Waals surface area contributed by atoms with Gasteiger partial charge in [0.15, 0.2) is 0 Å². The van der Waals surface area contributed by atoms with Gasteiger partial charge >= 0.3 is 6.03 Å². The van der Waals surface area contributed by atoms with Crippen molar-refractivity contribution in [3.05, 3.63) is 29.8 Å². The highest BCUT2D eigenvalue weighted by molar-refractivity contribution is 5.94. The van der Waals surface area contributed by atoms with Crippen LogP contribution in [-0.4, -0.2) is 25.7 Å². The van der Waals surface area contributed by atoms with Crippen molar-refractivity contribution >= 4 is 11.7 Å². The third-order valence-electron chi connectivity index (χ3n) is 2.55. The third-order valence-corrected chi connectivity index (χ3v) is 2.55. The van der Waals surface area contributed by atoms with E-state index in [9.17, 15) is 4.79 Å². The van der Waals surface area contributed by atoms with E-state index in [-0.39, 0.29) is 6.03 Å². The second kappa shape index (κ2) is 4.31. The lowest BCUT2D eigenvalue weighted by Crippen LogP contribution is -2.28. The summed E-state index contributed by atoms with van der Waals surface area (Å²) in [4.78, 5) is 13.3. The molecule has 80 valence electrons. The average molecular weight is 205 g/mol. The Kier molecular flexibility index (Phi) is 2.87. The quantitative estimate of drug-likeness (QED) is 0.763. The lowest BCUT2D eigenvalue weighted by Gasteiger charge is -2.18. The van der Waals surface area contributed by atoms with Crippen LogP contribution in [0.25, 0.3) is 0 Å². The molecule has 15 heavy (non-hydrogen) atoms. The van der Waals surface area contributed by atoms with E-state index in [0.29, 0.717) is 6.54 Å². The van der Waals surface area contributed by atoms with Crippen LogP contribution in [0.15, 0.2) is 24.3 Å². The van der Waals surface area contributed by atoms with Crippen molar-refractivity contribution in [2.75, 3.05) is 24.5 Å². The first kappa shape index (κ1) is 9.98. The summed E-state index contributed by atoms with van der Waals surface area (Å²) in [6, 6.07) is 7.90. The number of anilines is 1. The summed E-state index contributed by atoms with van der Waals surface area (Å²) in [7, 11) is 0. The minimum Gasteiger partial charge on any atom is -0.336 e. The molecule has 0 spiro atoms. The number of nitrogens with one attached hydrogen (secondary N) is 1. The largest absolute Gasteiger partial charge is 0.336 e. The van der Waals surface area contributed by atoms with Gasteiger partial charge in [-0.05, 0) is 24.6 Å². The molecule has 1 aliphatic heterocycles. The van der Waals surface area contributed by atoms with Gasteiger partial charge in [0, 0.05) is 18.8 Å². The lowest BCUT2D eigenvalue weighted by atomic mass is 10.1. The molecule has 1 aliphatic rings. The summed E-state index contributed by atoms with van der Waals surface area (Å²) >= 11 is 0. The van der Waals surface area contributed by atoms with Gasteiger partial charge in [0.05, 0.1) is 0 Å². The number of hydrogen-bond donors (Lipinski definition) is 2. The highest BCUT2D eigenvalue weighted by Crippen LogP contribution is 2.21. The standard InChI is InChI=1S/C11H15N3O/c12-6-5-9-3-1-2-4-10(9)14-8-7-13-11(14)15/h1-4H,5-8,12H2,(H,13,15). The van der Waals surface area contributed by atoms with E-state index in [4.69, 9.17) is 5.73 Å². The molecule has 0 saturated carbocycles. The summed E-state index contributed by atoms with van der Waals surface area (Å²) < 4.78 is 0. The maximum atomic E-state index is 11.5. The number of hydrogen-bond acceptors (Lipinski definition) is 2. The number of benzene rings is 1. The molecule has 1 heterocycles. The summed E-state index contributed by atoms with van der Waals surface area (Å²) in [6.45, 7) is 2.06. The van der Waals surface area contributed by atoms with Crippen LogP contribution in [0, 0.1) is 0 Å². The Labute approximate surface area is 89.1 Å². The predicted octanol–water partition coefficient (Wildman–Crippen LogP) is 0.717.